The molecule has 0 aliphatic carbocycles. The first kappa shape index (κ1) is 6.78. The largest absolute Gasteiger partial charge is 0.481 e. The molecule has 1 fully saturated rings. The molecule has 52 valence electrons. The van der Waals surface area contributed by atoms with Crippen LogP contribution in [-0.4, -0.2) is 34.4 Å². The second-order valence-corrected chi connectivity index (χ2v) is 5.31. The van der Waals surface area contributed by atoms with Gasteiger partial charge in [-0.2, -0.15) is 0 Å². The maximum atomic E-state index is 10.8. The van der Waals surface area contributed by atoms with Crippen LogP contribution in [0.2, 0.25) is 0 Å². The van der Waals surface area contributed by atoms with Crippen LogP contribution in [0.15, 0.2) is 0 Å². The molecule has 5 heteroatoms. The number of carbonyl (C=O) groups is 1. The van der Waals surface area contributed by atoms with Crippen LogP contribution in [-0.2, 0) is 9.36 Å². The molecule has 1 saturated heterocycles. The second-order valence-electron chi connectivity index (χ2n) is 2.13. The van der Waals surface area contributed by atoms with Gasteiger partial charge in [0.15, 0.2) is 0 Å². The van der Waals surface area contributed by atoms with Crippen LogP contribution in [0.1, 0.15) is 0 Å². The highest BCUT2D eigenvalue weighted by atomic mass is 31.2. The monoisotopic (exact) mass is 150 g/mol. The van der Waals surface area contributed by atoms with Gasteiger partial charge in [-0.3, -0.25) is 4.79 Å². The summed E-state index contributed by atoms with van der Waals surface area (Å²) in [5, 5.41) is 16.6. The summed E-state index contributed by atoms with van der Waals surface area (Å²) in [5.74, 6) is -1.05. The Morgan fingerprint density at radius 1 is 1.78 bits per heavy atom. The third-order valence-corrected chi connectivity index (χ3v) is 3.97. The van der Waals surface area contributed by atoms with E-state index < -0.39 is 25.1 Å². The van der Waals surface area contributed by atoms with Crippen molar-refractivity contribution in [1.29, 1.82) is 0 Å². The molecule has 0 bridgehead atoms. The zero-order valence-corrected chi connectivity index (χ0v) is 5.54. The van der Waals surface area contributed by atoms with Gasteiger partial charge in [0, 0.05) is 6.16 Å². The molecule has 9 heavy (non-hydrogen) atoms. The van der Waals surface area contributed by atoms with Crippen LogP contribution in [0.5, 0.6) is 0 Å². The number of hydrogen-bond donors (Lipinski definition) is 2. The maximum Gasteiger partial charge on any atom is 0.314 e. The van der Waals surface area contributed by atoms with Crippen molar-refractivity contribution in [2.45, 2.75) is 5.66 Å². The number of carboxylic acid groups (broad SMARTS) is 1. The lowest BCUT2D eigenvalue weighted by Crippen LogP contribution is -2.02. The highest BCUT2D eigenvalue weighted by Crippen LogP contribution is 2.66. The molecule has 1 aliphatic rings. The molecular formula is C4H7O4P. The van der Waals surface area contributed by atoms with E-state index in [1.165, 1.54) is 0 Å². The molecule has 0 aromatic rings. The summed E-state index contributed by atoms with van der Waals surface area (Å²) in [7, 11) is -2.61. The van der Waals surface area contributed by atoms with Gasteiger partial charge >= 0.3 is 5.97 Å². The maximum absolute atomic E-state index is 10.8. The number of hydrogen-bond acceptors (Lipinski definition) is 3. The minimum atomic E-state index is -2.61. The van der Waals surface area contributed by atoms with Crippen LogP contribution >= 0.6 is 7.14 Å². The van der Waals surface area contributed by atoms with E-state index in [2.05, 4.69) is 0 Å². The fourth-order valence-corrected chi connectivity index (χ4v) is 2.59. The van der Waals surface area contributed by atoms with E-state index in [9.17, 15) is 9.36 Å². The number of rotatable bonds is 2. The average Bonchev–Trinajstić information content (AvgIpc) is 2.44. The zero-order chi connectivity index (χ0) is 7.07. The fourth-order valence-electron chi connectivity index (χ4n) is 0.681. The minimum Gasteiger partial charge on any atom is -0.481 e. The zero-order valence-electron chi connectivity index (χ0n) is 4.65. The number of carboxylic acids is 1. The molecule has 1 heterocycles. The Kier molecular flexibility index (Phi) is 1.37. The first-order valence-corrected chi connectivity index (χ1v) is 4.66. The van der Waals surface area contributed by atoms with Gasteiger partial charge in [0.2, 0.25) is 0 Å². The van der Waals surface area contributed by atoms with Crippen LogP contribution in [0, 0.1) is 0 Å². The Labute approximate surface area is 51.9 Å². The van der Waals surface area contributed by atoms with Gasteiger partial charge in [-0.15, -0.1) is 0 Å². The highest BCUT2D eigenvalue weighted by molar-refractivity contribution is 7.73. The van der Waals surface area contributed by atoms with E-state index >= 15 is 0 Å². The smallest absolute Gasteiger partial charge is 0.314 e. The van der Waals surface area contributed by atoms with Gasteiger partial charge in [0.1, 0.15) is 12.8 Å². The standard InChI is InChI=1S/C4H7O4P/c5-2-9(8)1-3(9)4(6)7/h3,5H,1-2H2,(H,6,7). The van der Waals surface area contributed by atoms with Crippen molar-refractivity contribution in [2.24, 2.45) is 0 Å². The molecule has 2 atom stereocenters. The normalized spacial score (nSPS) is 40.3. The van der Waals surface area contributed by atoms with Gasteiger partial charge in [0.05, 0.1) is 6.35 Å². The van der Waals surface area contributed by atoms with Crippen molar-refractivity contribution in [1.82, 2.24) is 0 Å². The summed E-state index contributed by atoms with van der Waals surface area (Å²) in [4.78, 5) is 10.1. The summed E-state index contributed by atoms with van der Waals surface area (Å²) in [6.07, 6.45) is -0.275. The van der Waals surface area contributed by atoms with Crippen molar-refractivity contribution in [3.05, 3.63) is 0 Å². The summed E-state index contributed by atoms with van der Waals surface area (Å²) in [6.45, 7) is 0. The first-order chi connectivity index (χ1) is 4.10. The lowest BCUT2D eigenvalue weighted by molar-refractivity contribution is -0.135. The van der Waals surface area contributed by atoms with E-state index in [0.29, 0.717) is 0 Å². The van der Waals surface area contributed by atoms with Gasteiger partial charge in [-0.05, 0) is 0 Å². The van der Waals surface area contributed by atoms with Crippen molar-refractivity contribution >= 4 is 13.1 Å². The quantitative estimate of drug-likeness (QED) is 0.533. The molecule has 1 aliphatic heterocycles. The van der Waals surface area contributed by atoms with Crippen LogP contribution < -0.4 is 0 Å². The molecular weight excluding hydrogens is 143 g/mol. The third kappa shape index (κ3) is 1.00. The molecule has 2 unspecified atom stereocenters. The average molecular weight is 150 g/mol. The molecule has 0 radical (unpaired) electrons. The minimum absolute atomic E-state index is 0.179. The third-order valence-electron chi connectivity index (χ3n) is 1.44. The number of aliphatic carboxylic acids is 1. The van der Waals surface area contributed by atoms with E-state index in [0.717, 1.165) is 0 Å². The molecule has 0 saturated carbocycles. The predicted molar refractivity (Wildman–Crippen MR) is 31.0 cm³/mol. The van der Waals surface area contributed by atoms with E-state index in [1.54, 1.807) is 0 Å². The van der Waals surface area contributed by atoms with E-state index in [4.69, 9.17) is 10.2 Å². The molecule has 2 N–H and O–H groups in total. The molecule has 0 spiro atoms. The summed E-state index contributed by atoms with van der Waals surface area (Å²) >= 11 is 0. The topological polar surface area (TPSA) is 74.6 Å². The Bertz CT molecular complexity index is 187. The van der Waals surface area contributed by atoms with Crippen LogP contribution in [0.3, 0.4) is 0 Å². The lowest BCUT2D eigenvalue weighted by Gasteiger charge is -1.87. The van der Waals surface area contributed by atoms with E-state index in [1.807, 2.05) is 0 Å². The van der Waals surface area contributed by atoms with E-state index in [-0.39, 0.29) is 6.16 Å². The number of aliphatic hydroxyl groups is 1. The van der Waals surface area contributed by atoms with Crippen molar-refractivity contribution in [3.63, 3.8) is 0 Å². The van der Waals surface area contributed by atoms with Gasteiger partial charge in [0.25, 0.3) is 0 Å². The Balaban J connectivity index is 2.59. The first-order valence-electron chi connectivity index (χ1n) is 2.51. The van der Waals surface area contributed by atoms with Gasteiger partial charge < -0.3 is 14.8 Å². The molecule has 4 nitrogen and oxygen atoms in total. The molecule has 0 amide bonds. The predicted octanol–water partition coefficient (Wildman–Crippen LogP) is -0.234. The Morgan fingerprint density at radius 3 is 2.44 bits per heavy atom. The molecule has 1 rings (SSSR count). The van der Waals surface area contributed by atoms with Crippen molar-refractivity contribution in [3.8, 4) is 0 Å². The summed E-state index contributed by atoms with van der Waals surface area (Å²) in [6, 6.07) is 0. The lowest BCUT2D eigenvalue weighted by atomic mass is 10.5. The second kappa shape index (κ2) is 1.82. The SMILES string of the molecule is O=C(O)C1CP1(=O)CO. The van der Waals surface area contributed by atoms with Gasteiger partial charge in [-0.1, -0.05) is 0 Å². The molecule has 0 aromatic heterocycles. The van der Waals surface area contributed by atoms with Crippen molar-refractivity contribution < 1.29 is 19.6 Å². The van der Waals surface area contributed by atoms with Gasteiger partial charge in [-0.25, -0.2) is 0 Å². The van der Waals surface area contributed by atoms with Crippen LogP contribution in [0.25, 0.3) is 0 Å². The van der Waals surface area contributed by atoms with Crippen molar-refractivity contribution in [2.75, 3.05) is 12.5 Å². The fraction of sp³-hybridized carbons (Fsp3) is 0.750. The Hall–Kier alpha value is -0.340. The Morgan fingerprint density at radius 2 is 2.33 bits per heavy atom. The summed E-state index contributed by atoms with van der Waals surface area (Å²) in [5.41, 5.74) is -0.748. The summed E-state index contributed by atoms with van der Waals surface area (Å²) < 4.78 is 10.8. The molecule has 0 aromatic carbocycles. The van der Waals surface area contributed by atoms with Crippen LogP contribution in [0.4, 0.5) is 0 Å². The highest BCUT2D eigenvalue weighted by Gasteiger charge is 2.54. The number of aliphatic hydroxyl groups excluding tert-OH is 1.